The van der Waals surface area contributed by atoms with Crippen molar-refractivity contribution in [1.29, 1.82) is 0 Å². The molecule has 2 aromatic carbocycles. The van der Waals surface area contributed by atoms with Gasteiger partial charge in [0.2, 0.25) is 10.0 Å². The quantitative estimate of drug-likeness (QED) is 0.731. The van der Waals surface area contributed by atoms with Crippen LogP contribution in [0.3, 0.4) is 0 Å². The molecule has 0 saturated carbocycles. The Bertz CT molecular complexity index is 996. The number of carbonyl (C=O) groups is 2. The fourth-order valence-corrected chi connectivity index (χ4v) is 4.63. The second-order valence-electron chi connectivity index (χ2n) is 6.99. The maximum Gasteiger partial charge on any atom is 0.339 e. The van der Waals surface area contributed by atoms with Gasteiger partial charge in [-0.25, -0.2) is 13.2 Å². The van der Waals surface area contributed by atoms with Crippen LogP contribution in [0.15, 0.2) is 53.4 Å². The van der Waals surface area contributed by atoms with E-state index in [1.807, 2.05) is 6.07 Å². The number of aryl methyl sites for hydroxylation is 1. The molecule has 7 nitrogen and oxygen atoms in total. The number of nitrogens with zero attached hydrogens (tertiary/aromatic N) is 1. The van der Waals surface area contributed by atoms with Crippen molar-refractivity contribution in [2.24, 2.45) is 0 Å². The third-order valence-electron chi connectivity index (χ3n) is 4.84. The van der Waals surface area contributed by atoms with Crippen LogP contribution in [-0.4, -0.2) is 43.8 Å². The third kappa shape index (κ3) is 4.83. The van der Waals surface area contributed by atoms with Gasteiger partial charge in [-0.05, 0) is 62.6 Å². The SMILES string of the molecule is Cc1ccccc1C(=O)O[C@H](C)C(=O)Nc1ccc(S(=O)(=O)N2CCCC2)cc1. The Morgan fingerprint density at radius 1 is 1.03 bits per heavy atom. The number of carbonyl (C=O) groups excluding carboxylic acids is 2. The van der Waals surface area contributed by atoms with E-state index in [0.717, 1.165) is 18.4 Å². The number of esters is 1. The summed E-state index contributed by atoms with van der Waals surface area (Å²) in [5, 5.41) is 2.64. The first-order valence-electron chi connectivity index (χ1n) is 9.47. The molecule has 1 atom stereocenters. The molecule has 0 radical (unpaired) electrons. The van der Waals surface area contributed by atoms with E-state index in [1.54, 1.807) is 25.1 Å². The lowest BCUT2D eigenvalue weighted by Gasteiger charge is -2.16. The first kappa shape index (κ1) is 21.0. The van der Waals surface area contributed by atoms with E-state index in [0.29, 0.717) is 24.3 Å². The van der Waals surface area contributed by atoms with Gasteiger partial charge in [0.1, 0.15) is 0 Å². The molecule has 154 valence electrons. The van der Waals surface area contributed by atoms with Gasteiger partial charge in [-0.15, -0.1) is 0 Å². The number of hydrogen-bond acceptors (Lipinski definition) is 5. The van der Waals surface area contributed by atoms with Crippen LogP contribution < -0.4 is 5.32 Å². The van der Waals surface area contributed by atoms with Gasteiger partial charge in [0.05, 0.1) is 10.5 Å². The molecule has 1 aliphatic rings. The predicted molar refractivity (Wildman–Crippen MR) is 109 cm³/mol. The smallest absolute Gasteiger partial charge is 0.339 e. The molecule has 3 rings (SSSR count). The highest BCUT2D eigenvalue weighted by atomic mass is 32.2. The van der Waals surface area contributed by atoms with Crippen molar-refractivity contribution in [2.75, 3.05) is 18.4 Å². The van der Waals surface area contributed by atoms with Gasteiger partial charge in [0.15, 0.2) is 6.10 Å². The average Bonchev–Trinajstić information content (AvgIpc) is 3.24. The molecule has 0 aliphatic carbocycles. The van der Waals surface area contributed by atoms with Gasteiger partial charge in [-0.2, -0.15) is 4.31 Å². The zero-order chi connectivity index (χ0) is 21.0. The molecule has 1 heterocycles. The number of hydrogen-bond donors (Lipinski definition) is 1. The number of ether oxygens (including phenoxy) is 1. The van der Waals surface area contributed by atoms with Crippen LogP contribution in [0.25, 0.3) is 0 Å². The highest BCUT2D eigenvalue weighted by Gasteiger charge is 2.27. The van der Waals surface area contributed by atoms with Crippen molar-refractivity contribution in [3.8, 4) is 0 Å². The molecular weight excluding hydrogens is 392 g/mol. The molecule has 2 aromatic rings. The minimum absolute atomic E-state index is 0.191. The lowest BCUT2D eigenvalue weighted by molar-refractivity contribution is -0.123. The molecule has 0 aromatic heterocycles. The van der Waals surface area contributed by atoms with E-state index in [1.165, 1.54) is 35.5 Å². The standard InChI is InChI=1S/C21H24N2O5S/c1-15-7-3-4-8-19(15)21(25)28-16(2)20(24)22-17-9-11-18(12-10-17)29(26,27)23-13-5-6-14-23/h3-4,7-12,16H,5-6,13-14H2,1-2H3,(H,22,24)/t16-/m1/s1. The van der Waals surface area contributed by atoms with Gasteiger partial charge >= 0.3 is 5.97 Å². The second-order valence-corrected chi connectivity index (χ2v) is 8.93. The molecule has 1 amide bonds. The topological polar surface area (TPSA) is 92.8 Å². The van der Waals surface area contributed by atoms with E-state index in [-0.39, 0.29) is 4.90 Å². The summed E-state index contributed by atoms with van der Waals surface area (Å²) in [4.78, 5) is 24.8. The summed E-state index contributed by atoms with van der Waals surface area (Å²) < 4.78 is 31.8. The van der Waals surface area contributed by atoms with Gasteiger partial charge < -0.3 is 10.1 Å². The minimum atomic E-state index is -3.50. The Hall–Kier alpha value is -2.71. The Balaban J connectivity index is 1.61. The molecule has 1 saturated heterocycles. The summed E-state index contributed by atoms with van der Waals surface area (Å²) in [5.74, 6) is -1.07. The number of rotatable bonds is 6. The van der Waals surface area contributed by atoms with Crippen LogP contribution in [-0.2, 0) is 19.6 Å². The lowest BCUT2D eigenvalue weighted by atomic mass is 10.1. The minimum Gasteiger partial charge on any atom is -0.449 e. The van der Waals surface area contributed by atoms with Crippen molar-refractivity contribution >= 4 is 27.6 Å². The first-order chi connectivity index (χ1) is 13.8. The van der Waals surface area contributed by atoms with Gasteiger partial charge in [0.25, 0.3) is 5.91 Å². The molecule has 0 unspecified atom stereocenters. The normalized spacial score (nSPS) is 15.7. The first-order valence-corrected chi connectivity index (χ1v) is 10.9. The molecule has 8 heteroatoms. The van der Waals surface area contributed by atoms with E-state index in [4.69, 9.17) is 4.74 Å². The summed E-state index contributed by atoms with van der Waals surface area (Å²) in [6, 6.07) is 13.0. The predicted octanol–water partition coefficient (Wildman–Crippen LogP) is 2.96. The second kappa shape index (κ2) is 8.75. The van der Waals surface area contributed by atoms with E-state index < -0.39 is 28.0 Å². The zero-order valence-electron chi connectivity index (χ0n) is 16.4. The van der Waals surface area contributed by atoms with Crippen molar-refractivity contribution in [3.63, 3.8) is 0 Å². The van der Waals surface area contributed by atoms with Crippen molar-refractivity contribution in [3.05, 3.63) is 59.7 Å². The molecule has 1 N–H and O–H groups in total. The molecular formula is C21H24N2O5S. The largest absolute Gasteiger partial charge is 0.449 e. The highest BCUT2D eigenvalue weighted by Crippen LogP contribution is 2.22. The Morgan fingerprint density at radius 3 is 2.28 bits per heavy atom. The summed E-state index contributed by atoms with van der Waals surface area (Å²) in [7, 11) is -3.50. The fourth-order valence-electron chi connectivity index (χ4n) is 3.11. The summed E-state index contributed by atoms with van der Waals surface area (Å²) in [5.41, 5.74) is 1.60. The van der Waals surface area contributed by atoms with E-state index in [9.17, 15) is 18.0 Å². The van der Waals surface area contributed by atoms with Crippen LogP contribution >= 0.6 is 0 Å². The Morgan fingerprint density at radius 2 is 1.66 bits per heavy atom. The van der Waals surface area contributed by atoms with Crippen LogP contribution in [0, 0.1) is 6.92 Å². The monoisotopic (exact) mass is 416 g/mol. The van der Waals surface area contributed by atoms with Crippen LogP contribution in [0.4, 0.5) is 5.69 Å². The van der Waals surface area contributed by atoms with Gasteiger partial charge in [0, 0.05) is 18.8 Å². The lowest BCUT2D eigenvalue weighted by Crippen LogP contribution is -2.30. The average molecular weight is 416 g/mol. The van der Waals surface area contributed by atoms with Gasteiger partial charge in [-0.1, -0.05) is 18.2 Å². The number of amides is 1. The maximum absolute atomic E-state index is 12.5. The molecule has 29 heavy (non-hydrogen) atoms. The van der Waals surface area contributed by atoms with E-state index >= 15 is 0 Å². The number of benzene rings is 2. The Labute approximate surface area is 170 Å². The highest BCUT2D eigenvalue weighted by molar-refractivity contribution is 7.89. The third-order valence-corrected chi connectivity index (χ3v) is 6.76. The molecule has 0 bridgehead atoms. The van der Waals surface area contributed by atoms with Crippen LogP contribution in [0.2, 0.25) is 0 Å². The Kier molecular flexibility index (Phi) is 6.34. The van der Waals surface area contributed by atoms with Crippen LogP contribution in [0.1, 0.15) is 35.7 Å². The number of nitrogens with one attached hydrogen (secondary N) is 1. The zero-order valence-corrected chi connectivity index (χ0v) is 17.2. The van der Waals surface area contributed by atoms with Crippen molar-refractivity contribution in [2.45, 2.75) is 37.7 Å². The maximum atomic E-state index is 12.5. The molecule has 1 aliphatic heterocycles. The number of sulfonamides is 1. The van der Waals surface area contributed by atoms with Gasteiger partial charge in [-0.3, -0.25) is 4.79 Å². The molecule has 0 spiro atoms. The summed E-state index contributed by atoms with van der Waals surface area (Å²) in [6.45, 7) is 4.34. The van der Waals surface area contributed by atoms with Crippen LogP contribution in [0.5, 0.6) is 0 Å². The summed E-state index contributed by atoms with van der Waals surface area (Å²) >= 11 is 0. The molecule has 1 fully saturated rings. The summed E-state index contributed by atoms with van der Waals surface area (Å²) in [6.07, 6.45) is 0.731. The fraction of sp³-hybridized carbons (Fsp3) is 0.333. The number of anilines is 1. The van der Waals surface area contributed by atoms with Crippen molar-refractivity contribution < 1.29 is 22.7 Å². The van der Waals surface area contributed by atoms with Crippen molar-refractivity contribution in [1.82, 2.24) is 4.31 Å². The van der Waals surface area contributed by atoms with E-state index in [2.05, 4.69) is 5.32 Å².